The number of carbonyl (C=O) groups excluding carboxylic acids is 1. The molecular weight excluding hydrogens is 236 g/mol. The van der Waals surface area contributed by atoms with Gasteiger partial charge in [-0.25, -0.2) is 0 Å². The average molecular weight is 261 g/mol. The molecule has 0 aromatic rings. The van der Waals surface area contributed by atoms with Gasteiger partial charge in [-0.05, 0) is 37.5 Å². The average Bonchev–Trinajstić information content (AvgIpc) is 2.64. The predicted octanol–water partition coefficient (Wildman–Crippen LogP) is 2.18. The Hall–Kier alpha value is -0.280. The van der Waals surface area contributed by atoms with Crippen LogP contribution in [0, 0.1) is 11.8 Å². The van der Waals surface area contributed by atoms with Gasteiger partial charge >= 0.3 is 0 Å². The van der Waals surface area contributed by atoms with E-state index in [1.54, 1.807) is 0 Å². The second kappa shape index (κ2) is 6.60. The van der Waals surface area contributed by atoms with E-state index >= 15 is 0 Å². The van der Waals surface area contributed by atoms with Crippen molar-refractivity contribution in [1.82, 2.24) is 4.90 Å². The van der Waals surface area contributed by atoms with E-state index in [2.05, 4.69) is 11.8 Å². The molecule has 17 heavy (non-hydrogen) atoms. The van der Waals surface area contributed by atoms with Crippen molar-refractivity contribution in [1.29, 1.82) is 0 Å². The fourth-order valence-corrected chi connectivity index (χ4v) is 3.09. The van der Waals surface area contributed by atoms with Crippen molar-refractivity contribution < 1.29 is 4.79 Å². The monoisotopic (exact) mass is 260 g/mol. The number of hydrogen-bond donors (Lipinski definition) is 1. The molecule has 2 aliphatic rings. The fraction of sp³-hybridized carbons (Fsp3) is 0.923. The van der Waals surface area contributed by atoms with Gasteiger partial charge in [-0.3, -0.25) is 4.79 Å². The SMILES string of the molecule is CC1CCCN(C(=O)C[C@@H]2CCC[C@H]2N)C1.Cl. The van der Waals surface area contributed by atoms with Crippen molar-refractivity contribution in [2.45, 2.75) is 51.5 Å². The first-order valence-corrected chi connectivity index (χ1v) is 6.70. The normalized spacial score (nSPS) is 33.3. The highest BCUT2D eigenvalue weighted by Crippen LogP contribution is 2.28. The van der Waals surface area contributed by atoms with Crippen molar-refractivity contribution in [3.05, 3.63) is 0 Å². The zero-order valence-electron chi connectivity index (χ0n) is 10.7. The van der Waals surface area contributed by atoms with Crippen molar-refractivity contribution in [2.75, 3.05) is 13.1 Å². The Balaban J connectivity index is 0.00000144. The van der Waals surface area contributed by atoms with Gasteiger partial charge in [-0.15, -0.1) is 12.4 Å². The number of carbonyl (C=O) groups is 1. The maximum atomic E-state index is 12.1. The Morgan fingerprint density at radius 3 is 2.65 bits per heavy atom. The lowest BCUT2D eigenvalue weighted by Gasteiger charge is -2.32. The van der Waals surface area contributed by atoms with Gasteiger partial charge in [0.05, 0.1) is 0 Å². The third-order valence-electron chi connectivity index (χ3n) is 4.16. The topological polar surface area (TPSA) is 46.3 Å². The molecule has 2 rings (SSSR count). The number of nitrogens with two attached hydrogens (primary N) is 1. The molecule has 0 radical (unpaired) electrons. The molecule has 0 aromatic carbocycles. The molecule has 3 nitrogen and oxygen atoms in total. The van der Waals surface area contributed by atoms with Gasteiger partial charge in [0.15, 0.2) is 0 Å². The van der Waals surface area contributed by atoms with Gasteiger partial charge in [-0.1, -0.05) is 13.3 Å². The van der Waals surface area contributed by atoms with Crippen molar-refractivity contribution in [2.24, 2.45) is 17.6 Å². The fourth-order valence-electron chi connectivity index (χ4n) is 3.09. The molecule has 2 N–H and O–H groups in total. The minimum atomic E-state index is 0. The summed E-state index contributed by atoms with van der Waals surface area (Å²) in [5.74, 6) is 1.47. The summed E-state index contributed by atoms with van der Waals surface area (Å²) >= 11 is 0. The number of hydrogen-bond acceptors (Lipinski definition) is 2. The van der Waals surface area contributed by atoms with E-state index in [4.69, 9.17) is 5.73 Å². The lowest BCUT2D eigenvalue weighted by atomic mass is 9.96. The summed E-state index contributed by atoms with van der Waals surface area (Å²) in [7, 11) is 0. The van der Waals surface area contributed by atoms with Crippen molar-refractivity contribution >= 4 is 18.3 Å². The largest absolute Gasteiger partial charge is 0.342 e. The lowest BCUT2D eigenvalue weighted by Crippen LogP contribution is -2.41. The summed E-state index contributed by atoms with van der Waals surface area (Å²) in [5.41, 5.74) is 6.01. The van der Waals surface area contributed by atoms with Crippen molar-refractivity contribution in [3.63, 3.8) is 0 Å². The van der Waals surface area contributed by atoms with Gasteiger partial charge in [-0.2, -0.15) is 0 Å². The Morgan fingerprint density at radius 1 is 1.29 bits per heavy atom. The summed E-state index contributed by atoms with van der Waals surface area (Å²) in [6, 6.07) is 0.270. The Morgan fingerprint density at radius 2 is 2.06 bits per heavy atom. The number of likely N-dealkylation sites (tertiary alicyclic amines) is 1. The maximum Gasteiger partial charge on any atom is 0.222 e. The second-order valence-electron chi connectivity index (χ2n) is 5.65. The Kier molecular flexibility index (Phi) is 5.74. The molecule has 4 heteroatoms. The second-order valence-corrected chi connectivity index (χ2v) is 5.65. The highest BCUT2D eigenvalue weighted by atomic mass is 35.5. The third-order valence-corrected chi connectivity index (χ3v) is 4.16. The van der Waals surface area contributed by atoms with E-state index in [9.17, 15) is 4.79 Å². The first-order chi connectivity index (χ1) is 7.66. The highest BCUT2D eigenvalue weighted by Gasteiger charge is 2.29. The molecule has 0 bridgehead atoms. The molecule has 1 unspecified atom stereocenters. The molecule has 3 atom stereocenters. The van der Waals surface area contributed by atoms with Crippen LogP contribution in [0.25, 0.3) is 0 Å². The summed E-state index contributed by atoms with van der Waals surface area (Å²) < 4.78 is 0. The first-order valence-electron chi connectivity index (χ1n) is 6.70. The molecule has 1 aliphatic heterocycles. The zero-order valence-corrected chi connectivity index (χ0v) is 11.5. The van der Waals surface area contributed by atoms with Crippen LogP contribution in [-0.4, -0.2) is 29.9 Å². The van der Waals surface area contributed by atoms with Crippen LogP contribution in [0.4, 0.5) is 0 Å². The molecule has 1 saturated heterocycles. The quantitative estimate of drug-likeness (QED) is 0.827. The van der Waals surface area contributed by atoms with Crippen molar-refractivity contribution in [3.8, 4) is 0 Å². The van der Waals surface area contributed by atoms with Gasteiger partial charge in [0.1, 0.15) is 0 Å². The number of piperidine rings is 1. The van der Waals surface area contributed by atoms with Crippen LogP contribution in [-0.2, 0) is 4.79 Å². The summed E-state index contributed by atoms with van der Waals surface area (Å²) in [5, 5.41) is 0. The van der Waals surface area contributed by atoms with Crippen LogP contribution >= 0.6 is 12.4 Å². The molecule has 0 spiro atoms. The standard InChI is InChI=1S/C13H24N2O.ClH/c1-10-4-3-7-15(9-10)13(16)8-11-5-2-6-12(11)14;/h10-12H,2-9,14H2,1H3;1H/t10?,11-,12+;/m0./s1. The number of amides is 1. The Bertz CT molecular complexity index is 260. The summed E-state index contributed by atoms with van der Waals surface area (Å²) in [6.45, 7) is 4.16. The minimum Gasteiger partial charge on any atom is -0.342 e. The molecule has 0 aromatic heterocycles. The predicted molar refractivity (Wildman–Crippen MR) is 72.2 cm³/mol. The van der Waals surface area contributed by atoms with Gasteiger partial charge < -0.3 is 10.6 Å². The maximum absolute atomic E-state index is 12.1. The van der Waals surface area contributed by atoms with Gasteiger partial charge in [0.25, 0.3) is 0 Å². The van der Waals surface area contributed by atoms with E-state index in [0.29, 0.717) is 24.2 Å². The van der Waals surface area contributed by atoms with Gasteiger partial charge in [0.2, 0.25) is 5.91 Å². The van der Waals surface area contributed by atoms with E-state index in [1.807, 2.05) is 0 Å². The number of nitrogens with zero attached hydrogens (tertiary/aromatic N) is 1. The van der Waals surface area contributed by atoms with E-state index in [1.165, 1.54) is 19.3 Å². The number of halogens is 1. The van der Waals surface area contributed by atoms with Crippen LogP contribution < -0.4 is 5.73 Å². The van der Waals surface area contributed by atoms with Crippen LogP contribution in [0.1, 0.15) is 45.4 Å². The van der Waals surface area contributed by atoms with Crippen LogP contribution in [0.5, 0.6) is 0 Å². The van der Waals surface area contributed by atoms with E-state index in [0.717, 1.165) is 25.9 Å². The molecule has 1 aliphatic carbocycles. The summed E-state index contributed by atoms with van der Waals surface area (Å²) in [4.78, 5) is 14.2. The van der Waals surface area contributed by atoms with Gasteiger partial charge in [0, 0.05) is 25.6 Å². The zero-order chi connectivity index (χ0) is 11.5. The molecular formula is C13H25ClN2O. The minimum absolute atomic E-state index is 0. The molecule has 100 valence electrons. The smallest absolute Gasteiger partial charge is 0.222 e. The summed E-state index contributed by atoms with van der Waals surface area (Å²) in [6.07, 6.45) is 6.59. The van der Waals surface area contributed by atoms with Crippen LogP contribution in [0.2, 0.25) is 0 Å². The van der Waals surface area contributed by atoms with E-state index in [-0.39, 0.29) is 18.4 Å². The molecule has 1 amide bonds. The number of rotatable bonds is 2. The Labute approximate surface area is 111 Å². The third kappa shape index (κ3) is 3.85. The van der Waals surface area contributed by atoms with Crippen LogP contribution in [0.15, 0.2) is 0 Å². The lowest BCUT2D eigenvalue weighted by molar-refractivity contribution is -0.134. The highest BCUT2D eigenvalue weighted by molar-refractivity contribution is 5.85. The molecule has 1 saturated carbocycles. The van der Waals surface area contributed by atoms with E-state index < -0.39 is 0 Å². The van der Waals surface area contributed by atoms with Crippen LogP contribution in [0.3, 0.4) is 0 Å². The molecule has 2 fully saturated rings. The molecule has 1 heterocycles. The first kappa shape index (κ1) is 14.8.